The van der Waals surface area contributed by atoms with Crippen LogP contribution < -0.4 is 16.8 Å². The van der Waals surface area contributed by atoms with E-state index < -0.39 is 6.10 Å². The van der Waals surface area contributed by atoms with Crippen LogP contribution in [-0.4, -0.2) is 61.7 Å². The van der Waals surface area contributed by atoms with Crippen LogP contribution in [0, 0.1) is 0 Å². The van der Waals surface area contributed by atoms with Crippen molar-refractivity contribution in [1.82, 2.24) is 30.3 Å². The van der Waals surface area contributed by atoms with Crippen LogP contribution in [0.3, 0.4) is 0 Å². The third-order valence-electron chi connectivity index (χ3n) is 4.55. The van der Waals surface area contributed by atoms with Gasteiger partial charge in [0.15, 0.2) is 0 Å². The molecule has 0 saturated carbocycles. The lowest BCUT2D eigenvalue weighted by Gasteiger charge is -2.05. The number of aliphatic hydroxyl groups excluding tert-OH is 1. The molecule has 1 aliphatic heterocycles. The average molecular weight is 451 g/mol. The molecule has 0 bridgehead atoms. The Morgan fingerprint density at radius 1 is 1.24 bits per heavy atom. The first-order valence-electron chi connectivity index (χ1n) is 10.0. The van der Waals surface area contributed by atoms with Crippen LogP contribution in [0.2, 0.25) is 0 Å². The maximum absolute atomic E-state index is 10.6. The van der Waals surface area contributed by atoms with Gasteiger partial charge in [0.2, 0.25) is 5.96 Å². The summed E-state index contributed by atoms with van der Waals surface area (Å²) < 4.78 is 4.85. The van der Waals surface area contributed by atoms with E-state index in [2.05, 4.69) is 30.4 Å². The highest BCUT2D eigenvalue weighted by Crippen LogP contribution is 2.21. The number of allylic oxidation sites excluding steroid dienone is 1. The van der Waals surface area contributed by atoms with Gasteiger partial charge in [-0.3, -0.25) is 4.79 Å². The number of guanidine groups is 1. The van der Waals surface area contributed by atoms with Gasteiger partial charge in [-0.25, -0.2) is 15.0 Å². The summed E-state index contributed by atoms with van der Waals surface area (Å²) in [4.78, 5) is 29.2. The zero-order valence-corrected chi connectivity index (χ0v) is 18.2. The SMILES string of the molecule is C/C(=C/N)N/C(N)=N/c1nccc(-c2cccc(-c3ccon3)n2)n1.CN1CCC(O)C1=O. The summed E-state index contributed by atoms with van der Waals surface area (Å²) in [6.07, 6.45) is 4.34. The summed E-state index contributed by atoms with van der Waals surface area (Å²) in [6, 6.07) is 9.01. The molecule has 4 rings (SSSR count). The lowest BCUT2D eigenvalue weighted by atomic mass is 10.2. The first-order chi connectivity index (χ1) is 15.9. The molecule has 0 aliphatic carbocycles. The van der Waals surface area contributed by atoms with Gasteiger partial charge in [0.1, 0.15) is 18.1 Å². The molecule has 1 unspecified atom stereocenters. The van der Waals surface area contributed by atoms with Gasteiger partial charge >= 0.3 is 0 Å². The Hall–Kier alpha value is -4.32. The van der Waals surface area contributed by atoms with Crippen molar-refractivity contribution >= 4 is 17.8 Å². The van der Waals surface area contributed by atoms with Crippen LogP contribution in [0.5, 0.6) is 0 Å². The number of rotatable bonds is 4. The molecule has 0 aromatic carbocycles. The summed E-state index contributed by atoms with van der Waals surface area (Å²) in [6.45, 7) is 2.46. The molecule has 0 spiro atoms. The van der Waals surface area contributed by atoms with Crippen LogP contribution in [0.15, 0.2) is 64.2 Å². The van der Waals surface area contributed by atoms with E-state index in [4.69, 9.17) is 21.1 Å². The Balaban J connectivity index is 0.000000323. The van der Waals surface area contributed by atoms with Gasteiger partial charge in [0.25, 0.3) is 11.9 Å². The highest BCUT2D eigenvalue weighted by molar-refractivity contribution is 5.82. The molecule has 1 amide bonds. The minimum Gasteiger partial charge on any atom is -0.403 e. The number of nitrogens with one attached hydrogen (secondary N) is 1. The minimum absolute atomic E-state index is 0.139. The van der Waals surface area contributed by atoms with Gasteiger partial charge in [0.05, 0.1) is 17.1 Å². The van der Waals surface area contributed by atoms with Crippen molar-refractivity contribution in [2.75, 3.05) is 13.6 Å². The number of carbonyl (C=O) groups excluding carboxylic acids is 1. The lowest BCUT2D eigenvalue weighted by Crippen LogP contribution is -2.30. The van der Waals surface area contributed by atoms with Crippen LogP contribution in [0.25, 0.3) is 22.8 Å². The highest BCUT2D eigenvalue weighted by Gasteiger charge is 2.25. The fourth-order valence-corrected chi connectivity index (χ4v) is 2.79. The fourth-order valence-electron chi connectivity index (χ4n) is 2.79. The van der Waals surface area contributed by atoms with E-state index in [-0.39, 0.29) is 17.8 Å². The first kappa shape index (κ1) is 23.3. The molecule has 1 aliphatic rings. The zero-order chi connectivity index (χ0) is 23.8. The van der Waals surface area contributed by atoms with Crippen LogP contribution >= 0.6 is 0 Å². The van der Waals surface area contributed by atoms with Crippen molar-refractivity contribution in [3.63, 3.8) is 0 Å². The largest absolute Gasteiger partial charge is 0.403 e. The number of hydrogen-bond donors (Lipinski definition) is 4. The second-order valence-corrected chi connectivity index (χ2v) is 7.07. The predicted molar refractivity (Wildman–Crippen MR) is 121 cm³/mol. The van der Waals surface area contributed by atoms with Crippen LogP contribution in [0.1, 0.15) is 13.3 Å². The number of hydrogen-bond acceptors (Lipinski definition) is 9. The van der Waals surface area contributed by atoms with E-state index in [0.29, 0.717) is 41.4 Å². The summed E-state index contributed by atoms with van der Waals surface area (Å²) in [7, 11) is 1.69. The molecule has 3 aromatic rings. The molecule has 0 radical (unpaired) electrons. The van der Waals surface area contributed by atoms with Crippen molar-refractivity contribution in [1.29, 1.82) is 0 Å². The molecule has 12 heteroatoms. The quantitative estimate of drug-likeness (QED) is 0.326. The smallest absolute Gasteiger partial charge is 0.253 e. The monoisotopic (exact) mass is 451 g/mol. The highest BCUT2D eigenvalue weighted by atomic mass is 16.5. The summed E-state index contributed by atoms with van der Waals surface area (Å²) >= 11 is 0. The van der Waals surface area contributed by atoms with E-state index >= 15 is 0 Å². The second-order valence-electron chi connectivity index (χ2n) is 7.07. The lowest BCUT2D eigenvalue weighted by molar-refractivity contribution is -0.133. The van der Waals surface area contributed by atoms with Crippen molar-refractivity contribution < 1.29 is 14.4 Å². The molecule has 3 aromatic heterocycles. The van der Waals surface area contributed by atoms with Crippen LogP contribution in [-0.2, 0) is 4.79 Å². The van der Waals surface area contributed by atoms with Gasteiger partial charge in [-0.1, -0.05) is 11.2 Å². The van der Waals surface area contributed by atoms with Gasteiger partial charge in [0, 0.05) is 37.8 Å². The molecule has 1 fully saturated rings. The second kappa shape index (κ2) is 10.8. The zero-order valence-electron chi connectivity index (χ0n) is 18.2. The number of likely N-dealkylation sites (tertiary alicyclic amines) is 1. The molecular formula is C21H25N9O3. The van der Waals surface area contributed by atoms with E-state index in [1.54, 1.807) is 32.3 Å². The Labute approximate surface area is 190 Å². The van der Waals surface area contributed by atoms with Gasteiger partial charge in [-0.2, -0.15) is 4.99 Å². The number of aliphatic hydroxyl groups is 1. The number of nitrogens with zero attached hydrogens (tertiary/aromatic N) is 6. The maximum atomic E-state index is 10.6. The van der Waals surface area contributed by atoms with E-state index in [1.807, 2.05) is 18.2 Å². The number of likely N-dealkylation sites (N-methyl/N-ethyl adjacent to an activating group) is 1. The van der Waals surface area contributed by atoms with Crippen molar-refractivity contribution in [3.05, 3.63) is 54.7 Å². The number of carbonyl (C=O) groups is 1. The minimum atomic E-state index is -0.722. The Morgan fingerprint density at radius 2 is 1.97 bits per heavy atom. The van der Waals surface area contributed by atoms with E-state index in [0.717, 1.165) is 0 Å². The molecule has 172 valence electrons. The van der Waals surface area contributed by atoms with Crippen molar-refractivity contribution in [3.8, 4) is 22.8 Å². The third kappa shape index (κ3) is 6.33. The molecular weight excluding hydrogens is 426 g/mol. The van der Waals surface area contributed by atoms with Gasteiger partial charge < -0.3 is 31.3 Å². The normalized spacial score (nSPS) is 16.4. The molecule has 6 N–H and O–H groups in total. The van der Waals surface area contributed by atoms with E-state index in [1.165, 1.54) is 17.4 Å². The Kier molecular flexibility index (Phi) is 7.65. The van der Waals surface area contributed by atoms with Gasteiger partial charge in [-0.05, 0) is 31.5 Å². The Morgan fingerprint density at radius 3 is 2.55 bits per heavy atom. The summed E-state index contributed by atoms with van der Waals surface area (Å²) in [5.74, 6) is 0.201. The first-order valence-corrected chi connectivity index (χ1v) is 10.0. The molecule has 12 nitrogen and oxygen atoms in total. The third-order valence-corrected chi connectivity index (χ3v) is 4.55. The van der Waals surface area contributed by atoms with Gasteiger partial charge in [-0.15, -0.1) is 0 Å². The fraction of sp³-hybridized carbons (Fsp3) is 0.238. The molecule has 1 saturated heterocycles. The number of aromatic nitrogens is 4. The number of nitrogens with two attached hydrogens (primary N) is 2. The molecule has 4 heterocycles. The topological polar surface area (TPSA) is 182 Å². The van der Waals surface area contributed by atoms with Crippen molar-refractivity contribution in [2.24, 2.45) is 16.5 Å². The molecule has 1 atom stereocenters. The number of amides is 1. The summed E-state index contributed by atoms with van der Waals surface area (Å²) in [5, 5.41) is 15.5. The number of pyridine rings is 1. The average Bonchev–Trinajstić information content (AvgIpc) is 3.46. The molecule has 33 heavy (non-hydrogen) atoms. The number of aliphatic imine (C=N–C) groups is 1. The van der Waals surface area contributed by atoms with E-state index in [9.17, 15) is 4.79 Å². The summed E-state index contributed by atoms with van der Waals surface area (Å²) in [5.41, 5.74) is 14.4. The van der Waals surface area contributed by atoms with Crippen molar-refractivity contribution in [2.45, 2.75) is 19.4 Å². The standard InChI is InChI=1S/C16H16N8O.C5H9NO2/c1-10(9-17)20-15(18)23-16-19-7-5-13(22-16)11-3-2-4-12(21-11)14-6-8-25-24-14;1-6-3-2-4(7)5(6)8/h2-9H,17H2,1H3,(H3,18,19,20,22,23);4,7H,2-3H2,1H3/b10-9-;. The Bertz CT molecular complexity index is 1130. The maximum Gasteiger partial charge on any atom is 0.253 e. The van der Waals surface area contributed by atoms with Crippen LogP contribution in [0.4, 0.5) is 5.95 Å². The predicted octanol–water partition coefficient (Wildman–Crippen LogP) is 0.759.